The van der Waals surface area contributed by atoms with Crippen LogP contribution >= 0.6 is 0 Å². The van der Waals surface area contributed by atoms with Crippen molar-refractivity contribution in [3.05, 3.63) is 53.3 Å². The number of anilines is 1. The Balaban J connectivity index is 1.93. The average Bonchev–Trinajstić information content (AvgIpc) is 3.50. The predicted molar refractivity (Wildman–Crippen MR) is 233 cm³/mol. The maximum Gasteiger partial charge on any atom is 0.312 e. The molecule has 2 aromatic rings. The molecule has 5 rings (SSSR count). The smallest absolute Gasteiger partial charge is 0.312 e. The molecule has 0 aliphatic carbocycles. The lowest BCUT2D eigenvalue weighted by Gasteiger charge is -2.38. The molecule has 3 heterocycles. The largest absolute Gasteiger partial charge is 0.507 e. The van der Waals surface area contributed by atoms with Crippen LogP contribution in [0.15, 0.2) is 42.2 Å². The standard InChI is InChI=1S/C46H65N3O13/c1-13-19-49(20-14-2)48(11)34(51)23-59-33-22-31-41(55)36-35(33)37-43(29(8)40(36)54)62-46(10,44(37)56)60-21-18-32(58-12)26(5)42(61-30(9)50)28(7)39(53)27(6)38(52)24(3)16-15-17-25(4)45(57)47-31/h15-18,21-22,24,26-28,32,38-39,42,52-55H,13-14,19-20,23H2,1-12H3,(H,47,57)/b16-15+,21-18+,25-17-. The summed E-state index contributed by atoms with van der Waals surface area (Å²) in [7, 11) is 3.07. The number of carbonyl (C=O) groups excluding carboxylic acids is 4. The van der Waals surface area contributed by atoms with Crippen molar-refractivity contribution in [2.24, 2.45) is 23.7 Å². The molecule has 2 aromatic carbocycles. The van der Waals surface area contributed by atoms with Gasteiger partial charge >= 0.3 is 11.8 Å². The fourth-order valence-electron chi connectivity index (χ4n) is 8.07. The molecule has 5 N–H and O–H groups in total. The zero-order valence-corrected chi connectivity index (χ0v) is 38.0. The highest BCUT2D eigenvalue weighted by atomic mass is 16.7. The van der Waals surface area contributed by atoms with Crippen molar-refractivity contribution in [2.75, 3.05) is 39.2 Å². The van der Waals surface area contributed by atoms with Crippen LogP contribution in [-0.2, 0) is 28.6 Å². The van der Waals surface area contributed by atoms with Gasteiger partial charge in [0.1, 0.15) is 23.4 Å². The maximum absolute atomic E-state index is 14.6. The van der Waals surface area contributed by atoms with Gasteiger partial charge in [-0.15, -0.1) is 0 Å². The lowest BCUT2D eigenvalue weighted by molar-refractivity contribution is -0.160. The fourth-order valence-corrected chi connectivity index (χ4v) is 8.07. The van der Waals surface area contributed by atoms with E-state index >= 15 is 0 Å². The van der Waals surface area contributed by atoms with Crippen molar-refractivity contribution in [2.45, 2.75) is 112 Å². The maximum atomic E-state index is 14.6. The molecular weight excluding hydrogens is 803 g/mol. The predicted octanol–water partition coefficient (Wildman–Crippen LogP) is 5.92. The first-order chi connectivity index (χ1) is 29.1. The number of amides is 2. The number of likely N-dealkylation sites (N-methyl/N-ethyl adjacent to an activating group) is 1. The number of aliphatic hydroxyl groups is 2. The third-order valence-electron chi connectivity index (χ3n) is 11.9. The zero-order chi connectivity index (χ0) is 46.4. The molecule has 0 spiro atoms. The number of methoxy groups -OCH3 is 1. The molecule has 16 nitrogen and oxygen atoms in total. The number of aromatic hydroxyl groups is 2. The quantitative estimate of drug-likeness (QED) is 0.107. The van der Waals surface area contributed by atoms with Gasteiger partial charge in [-0.2, -0.15) is 0 Å². The van der Waals surface area contributed by atoms with Crippen LogP contribution < -0.4 is 14.8 Å². The monoisotopic (exact) mass is 867 g/mol. The summed E-state index contributed by atoms with van der Waals surface area (Å²) in [6.07, 6.45) is 5.18. The molecular formula is C46H65N3O13. The van der Waals surface area contributed by atoms with Crippen molar-refractivity contribution in [3.63, 3.8) is 0 Å². The third kappa shape index (κ3) is 10.4. The number of phenols is 2. The van der Waals surface area contributed by atoms with Gasteiger partial charge in [-0.05, 0) is 32.8 Å². The van der Waals surface area contributed by atoms with Crippen molar-refractivity contribution in [3.8, 4) is 23.0 Å². The summed E-state index contributed by atoms with van der Waals surface area (Å²) in [5.41, 5.74) is -0.0256. The minimum Gasteiger partial charge on any atom is -0.507 e. The van der Waals surface area contributed by atoms with Crippen molar-refractivity contribution < 1.29 is 63.3 Å². The van der Waals surface area contributed by atoms with Gasteiger partial charge in [-0.1, -0.05) is 59.8 Å². The molecule has 2 amide bonds. The number of nitrogens with zero attached hydrogens (tertiary/aromatic N) is 2. The van der Waals surface area contributed by atoms with E-state index in [0.717, 1.165) is 12.8 Å². The Bertz CT molecular complexity index is 2080. The Morgan fingerprint density at radius 3 is 2.18 bits per heavy atom. The second-order valence-electron chi connectivity index (χ2n) is 16.6. The molecule has 0 radical (unpaired) electrons. The molecule has 0 fully saturated rings. The summed E-state index contributed by atoms with van der Waals surface area (Å²) in [5.74, 6) is -8.13. The van der Waals surface area contributed by atoms with Gasteiger partial charge in [0.25, 0.3) is 17.6 Å². The van der Waals surface area contributed by atoms with Crippen LogP contribution in [0.5, 0.6) is 23.0 Å². The van der Waals surface area contributed by atoms with Gasteiger partial charge in [0.05, 0.1) is 41.2 Å². The Hall–Kier alpha value is -5.16. The molecule has 3 aliphatic heterocycles. The van der Waals surface area contributed by atoms with Gasteiger partial charge in [-0.3, -0.25) is 24.2 Å². The first-order valence-corrected chi connectivity index (χ1v) is 21.2. The molecule has 0 saturated heterocycles. The molecule has 9 atom stereocenters. The van der Waals surface area contributed by atoms with Crippen LogP contribution in [0, 0.1) is 30.6 Å². The first kappa shape index (κ1) is 49.5. The Morgan fingerprint density at radius 2 is 1.58 bits per heavy atom. The van der Waals surface area contributed by atoms with E-state index in [2.05, 4.69) is 5.32 Å². The summed E-state index contributed by atoms with van der Waals surface area (Å²) in [6.45, 7) is 17.3. The van der Waals surface area contributed by atoms with Gasteiger partial charge in [-0.25, -0.2) is 5.01 Å². The summed E-state index contributed by atoms with van der Waals surface area (Å²) in [4.78, 5) is 54.2. The Morgan fingerprint density at radius 1 is 0.935 bits per heavy atom. The number of ether oxygens (including phenoxy) is 5. The number of phenolic OH excluding ortho intramolecular Hbond substituents is 2. The van der Waals surface area contributed by atoms with Crippen molar-refractivity contribution >= 4 is 40.0 Å². The number of ketones is 1. The number of hydrogen-bond donors (Lipinski definition) is 5. The molecule has 0 aromatic heterocycles. The summed E-state index contributed by atoms with van der Waals surface area (Å²) >= 11 is 0. The topological polar surface area (TPSA) is 214 Å². The van der Waals surface area contributed by atoms with Crippen molar-refractivity contribution in [1.29, 1.82) is 0 Å². The number of esters is 1. The zero-order valence-electron chi connectivity index (χ0n) is 38.0. The number of nitrogens with one attached hydrogen (secondary N) is 1. The lowest BCUT2D eigenvalue weighted by atomic mass is 9.78. The van der Waals surface area contributed by atoms with Crippen LogP contribution in [0.4, 0.5) is 5.69 Å². The van der Waals surface area contributed by atoms with E-state index in [1.54, 1.807) is 46.9 Å². The molecule has 0 saturated carbocycles. The minimum atomic E-state index is -2.04. The van der Waals surface area contributed by atoms with Crippen LogP contribution in [-0.4, -0.2) is 118 Å². The first-order valence-electron chi connectivity index (χ1n) is 21.2. The number of carbonyl (C=O) groups is 4. The minimum absolute atomic E-state index is 0.0616. The number of hydrogen-bond acceptors (Lipinski definition) is 14. The highest BCUT2D eigenvalue weighted by Gasteiger charge is 2.50. The number of Topliss-reactive ketones (excluding diaryl/α,β-unsaturated/α-hetero) is 1. The Labute approximate surface area is 364 Å². The van der Waals surface area contributed by atoms with Crippen LogP contribution in [0.2, 0.25) is 0 Å². The molecule has 5 bridgehead atoms. The average molecular weight is 868 g/mol. The number of aliphatic hydroxyl groups excluding tert-OH is 2. The van der Waals surface area contributed by atoms with Gasteiger partial charge in [0.2, 0.25) is 0 Å². The van der Waals surface area contributed by atoms with E-state index in [-0.39, 0.29) is 44.7 Å². The van der Waals surface area contributed by atoms with Crippen LogP contribution in [0.25, 0.3) is 10.8 Å². The van der Waals surface area contributed by atoms with Crippen molar-refractivity contribution in [1.82, 2.24) is 10.0 Å². The van der Waals surface area contributed by atoms with E-state index in [9.17, 15) is 39.6 Å². The summed E-state index contributed by atoms with van der Waals surface area (Å²) in [6, 6.07) is 1.27. The van der Waals surface area contributed by atoms with E-state index < -0.39 is 95.5 Å². The lowest BCUT2D eigenvalue weighted by Crippen LogP contribution is -2.46. The van der Waals surface area contributed by atoms with E-state index in [1.807, 2.05) is 18.9 Å². The molecule has 342 valence electrons. The highest BCUT2D eigenvalue weighted by Crippen LogP contribution is 2.54. The second kappa shape index (κ2) is 20.8. The van der Waals surface area contributed by atoms with E-state index in [0.29, 0.717) is 13.1 Å². The molecule has 3 aliphatic rings. The van der Waals surface area contributed by atoms with Gasteiger partial charge in [0, 0.05) is 87.4 Å². The van der Waals surface area contributed by atoms with E-state index in [4.69, 9.17) is 23.7 Å². The summed E-state index contributed by atoms with van der Waals surface area (Å²) in [5, 5.41) is 52.0. The number of hydrazine groups is 1. The SMILES string of the molecule is CCCN(CCC)N(C)C(=O)COc1cc2c(O)c3c(O)c(C)c4c(c13)C(=O)C(C)(O/C=C/C(OC)C(C)C(OC(C)=O)C(C)C(O)C(C)C(O)C(C)/C=C/C=C(/C)C(=O)N2)O4. The fraction of sp³-hybridized carbons (Fsp3) is 0.565. The van der Waals surface area contributed by atoms with Gasteiger partial charge in [0.15, 0.2) is 12.4 Å². The number of benzene rings is 2. The Kier molecular flexibility index (Phi) is 16.6. The number of fused-ring (bicyclic) bond motifs is 14. The number of rotatable bonds is 10. The van der Waals surface area contributed by atoms with Crippen LogP contribution in [0.1, 0.15) is 91.1 Å². The van der Waals surface area contributed by atoms with Crippen LogP contribution in [0.3, 0.4) is 0 Å². The van der Waals surface area contributed by atoms with E-state index in [1.165, 1.54) is 64.3 Å². The summed E-state index contributed by atoms with van der Waals surface area (Å²) < 4.78 is 29.9. The molecule has 9 unspecified atom stereocenters. The third-order valence-corrected chi connectivity index (χ3v) is 11.9. The number of allylic oxidation sites excluding steroid dienone is 2. The normalized spacial score (nSPS) is 29.0. The highest BCUT2D eigenvalue weighted by molar-refractivity contribution is 6.21. The van der Waals surface area contributed by atoms with Gasteiger partial charge < -0.3 is 49.4 Å². The second-order valence-corrected chi connectivity index (χ2v) is 16.6. The molecule has 62 heavy (non-hydrogen) atoms. The molecule has 16 heteroatoms.